The highest BCUT2D eigenvalue weighted by molar-refractivity contribution is 5.36. The highest BCUT2D eigenvalue weighted by Crippen LogP contribution is 2.28. The molecular formula is C12H13NO2. The van der Waals surface area contributed by atoms with Gasteiger partial charge in [0.25, 0.3) is 0 Å². The molecule has 1 aliphatic rings. The van der Waals surface area contributed by atoms with Crippen LogP contribution in [-0.4, -0.2) is 18.7 Å². The van der Waals surface area contributed by atoms with Crippen LogP contribution in [0.4, 0.5) is 0 Å². The quantitative estimate of drug-likeness (QED) is 0.544. The van der Waals surface area contributed by atoms with E-state index in [2.05, 4.69) is 11.1 Å². The molecule has 0 saturated carbocycles. The number of rotatable bonds is 2. The van der Waals surface area contributed by atoms with E-state index in [4.69, 9.17) is 4.74 Å². The van der Waals surface area contributed by atoms with E-state index in [-0.39, 0.29) is 12.0 Å². The molecule has 1 heterocycles. The minimum atomic E-state index is -0.0177. The predicted molar refractivity (Wildman–Crippen MR) is 56.7 cm³/mol. The molecule has 2 unspecified atom stereocenters. The highest BCUT2D eigenvalue weighted by Gasteiger charge is 2.24. The maximum absolute atomic E-state index is 10.2. The molecule has 0 bridgehead atoms. The number of para-hydroxylation sites is 1. The van der Waals surface area contributed by atoms with Gasteiger partial charge in [-0.3, -0.25) is 0 Å². The monoisotopic (exact) mass is 203 g/mol. The van der Waals surface area contributed by atoms with Crippen LogP contribution in [0.2, 0.25) is 0 Å². The van der Waals surface area contributed by atoms with Gasteiger partial charge in [0.05, 0.1) is 12.6 Å². The van der Waals surface area contributed by atoms with Crippen molar-refractivity contribution in [1.29, 1.82) is 0 Å². The van der Waals surface area contributed by atoms with Crippen molar-refractivity contribution in [2.75, 3.05) is 6.61 Å². The number of hydrogen-bond acceptors (Lipinski definition) is 3. The number of carbonyl (C=O) groups excluding carboxylic acids is 1. The van der Waals surface area contributed by atoms with Crippen molar-refractivity contribution in [2.24, 2.45) is 10.9 Å². The first-order valence-electron chi connectivity index (χ1n) is 5.09. The summed E-state index contributed by atoms with van der Waals surface area (Å²) in [7, 11) is 0. The van der Waals surface area contributed by atoms with Crippen LogP contribution in [0.5, 0.6) is 5.75 Å². The van der Waals surface area contributed by atoms with E-state index in [1.807, 2.05) is 25.1 Å². The van der Waals surface area contributed by atoms with Gasteiger partial charge in [-0.2, -0.15) is 0 Å². The molecule has 0 aliphatic carbocycles. The number of ether oxygens (including phenoxy) is 1. The topological polar surface area (TPSA) is 38.7 Å². The van der Waals surface area contributed by atoms with Crippen molar-refractivity contribution in [1.82, 2.24) is 0 Å². The van der Waals surface area contributed by atoms with Crippen molar-refractivity contribution in [3.8, 4) is 5.75 Å². The summed E-state index contributed by atoms with van der Waals surface area (Å²) in [6.07, 6.45) is 2.53. The molecule has 0 saturated heterocycles. The van der Waals surface area contributed by atoms with Crippen LogP contribution in [0.15, 0.2) is 29.3 Å². The third kappa shape index (κ3) is 2.08. The standard InChI is InChI=1S/C12H13NO2/c1-9(13-8-14)11-6-10-4-2-3-5-12(10)15-7-11/h2-5,9,11H,6-7H2,1H3. The number of nitrogens with zero attached hydrogens (tertiary/aromatic N) is 1. The average Bonchev–Trinajstić information content (AvgIpc) is 2.29. The molecule has 2 atom stereocenters. The summed E-state index contributed by atoms with van der Waals surface area (Å²) in [5.74, 6) is 1.23. The molecule has 0 aromatic heterocycles. The fourth-order valence-corrected chi connectivity index (χ4v) is 1.85. The summed E-state index contributed by atoms with van der Waals surface area (Å²) in [5.41, 5.74) is 1.20. The molecule has 1 aromatic rings. The van der Waals surface area contributed by atoms with Gasteiger partial charge in [-0.1, -0.05) is 18.2 Å². The smallest absolute Gasteiger partial charge is 0.235 e. The Morgan fingerprint density at radius 3 is 3.13 bits per heavy atom. The summed E-state index contributed by atoms with van der Waals surface area (Å²) in [6, 6.07) is 7.97. The zero-order valence-corrected chi connectivity index (χ0v) is 8.64. The second-order valence-corrected chi connectivity index (χ2v) is 3.84. The van der Waals surface area contributed by atoms with Gasteiger partial charge < -0.3 is 4.74 Å². The van der Waals surface area contributed by atoms with E-state index >= 15 is 0 Å². The second-order valence-electron chi connectivity index (χ2n) is 3.84. The molecular weight excluding hydrogens is 190 g/mol. The molecule has 2 rings (SSSR count). The normalized spacial score (nSPS) is 20.7. The third-order valence-electron chi connectivity index (χ3n) is 2.85. The van der Waals surface area contributed by atoms with Gasteiger partial charge in [0.15, 0.2) is 0 Å². The maximum Gasteiger partial charge on any atom is 0.235 e. The number of benzene rings is 1. The minimum absolute atomic E-state index is 0.0177. The van der Waals surface area contributed by atoms with E-state index in [1.54, 1.807) is 6.08 Å². The number of isocyanates is 1. The van der Waals surface area contributed by atoms with Gasteiger partial charge in [-0.05, 0) is 25.0 Å². The van der Waals surface area contributed by atoms with Crippen LogP contribution in [0.1, 0.15) is 12.5 Å². The largest absolute Gasteiger partial charge is 0.493 e. The maximum atomic E-state index is 10.2. The minimum Gasteiger partial charge on any atom is -0.493 e. The Hall–Kier alpha value is -1.60. The summed E-state index contributed by atoms with van der Waals surface area (Å²) in [4.78, 5) is 13.9. The lowest BCUT2D eigenvalue weighted by atomic mass is 9.92. The zero-order valence-electron chi connectivity index (χ0n) is 8.64. The highest BCUT2D eigenvalue weighted by atomic mass is 16.5. The van der Waals surface area contributed by atoms with Crippen LogP contribution < -0.4 is 4.74 Å². The lowest BCUT2D eigenvalue weighted by Crippen LogP contribution is -2.28. The zero-order chi connectivity index (χ0) is 10.7. The van der Waals surface area contributed by atoms with Gasteiger partial charge in [-0.25, -0.2) is 9.79 Å². The van der Waals surface area contributed by atoms with Gasteiger partial charge in [0.2, 0.25) is 6.08 Å². The Balaban J connectivity index is 2.15. The van der Waals surface area contributed by atoms with E-state index in [1.165, 1.54) is 5.56 Å². The summed E-state index contributed by atoms with van der Waals surface area (Å²) in [6.45, 7) is 2.55. The number of aliphatic imine (C=N–C) groups is 1. The van der Waals surface area contributed by atoms with Crippen molar-refractivity contribution in [3.63, 3.8) is 0 Å². The average molecular weight is 203 g/mol. The summed E-state index contributed by atoms with van der Waals surface area (Å²) >= 11 is 0. The second kappa shape index (κ2) is 4.28. The fourth-order valence-electron chi connectivity index (χ4n) is 1.85. The predicted octanol–water partition coefficient (Wildman–Crippen LogP) is 1.96. The van der Waals surface area contributed by atoms with Crippen LogP contribution in [0, 0.1) is 5.92 Å². The van der Waals surface area contributed by atoms with Gasteiger partial charge in [0.1, 0.15) is 5.75 Å². The molecule has 0 radical (unpaired) electrons. The molecule has 0 amide bonds. The van der Waals surface area contributed by atoms with Gasteiger partial charge >= 0.3 is 0 Å². The van der Waals surface area contributed by atoms with E-state index < -0.39 is 0 Å². The molecule has 0 spiro atoms. The molecule has 3 heteroatoms. The van der Waals surface area contributed by atoms with Crippen LogP contribution in [0.3, 0.4) is 0 Å². The fraction of sp³-hybridized carbons (Fsp3) is 0.417. The Labute approximate surface area is 88.8 Å². The van der Waals surface area contributed by atoms with Crippen LogP contribution in [-0.2, 0) is 11.2 Å². The lowest BCUT2D eigenvalue weighted by Gasteiger charge is -2.26. The first kappa shape index (κ1) is 9.94. The molecule has 15 heavy (non-hydrogen) atoms. The molecule has 0 fully saturated rings. The Bertz CT molecular complexity index is 396. The first-order chi connectivity index (χ1) is 7.31. The SMILES string of the molecule is CC(N=C=O)C1COc2ccccc2C1. The molecule has 1 aromatic carbocycles. The first-order valence-corrected chi connectivity index (χ1v) is 5.09. The van der Waals surface area contributed by atoms with Crippen molar-refractivity contribution >= 4 is 6.08 Å². The van der Waals surface area contributed by atoms with E-state index in [9.17, 15) is 4.79 Å². The van der Waals surface area contributed by atoms with Gasteiger partial charge in [-0.15, -0.1) is 0 Å². The summed E-state index contributed by atoms with van der Waals surface area (Å²) < 4.78 is 5.61. The molecule has 1 aliphatic heterocycles. The summed E-state index contributed by atoms with van der Waals surface area (Å²) in [5, 5.41) is 0. The third-order valence-corrected chi connectivity index (χ3v) is 2.85. The van der Waals surface area contributed by atoms with Crippen LogP contribution >= 0.6 is 0 Å². The van der Waals surface area contributed by atoms with Crippen LogP contribution in [0.25, 0.3) is 0 Å². The number of hydrogen-bond donors (Lipinski definition) is 0. The Morgan fingerprint density at radius 2 is 2.33 bits per heavy atom. The molecule has 0 N–H and O–H groups in total. The lowest BCUT2D eigenvalue weighted by molar-refractivity contribution is 0.205. The van der Waals surface area contributed by atoms with E-state index in [0.29, 0.717) is 6.61 Å². The molecule has 3 nitrogen and oxygen atoms in total. The van der Waals surface area contributed by atoms with Crippen molar-refractivity contribution in [2.45, 2.75) is 19.4 Å². The number of fused-ring (bicyclic) bond motifs is 1. The van der Waals surface area contributed by atoms with Crippen molar-refractivity contribution < 1.29 is 9.53 Å². The van der Waals surface area contributed by atoms with Gasteiger partial charge in [0, 0.05) is 5.92 Å². The van der Waals surface area contributed by atoms with Crippen molar-refractivity contribution in [3.05, 3.63) is 29.8 Å². The Morgan fingerprint density at radius 1 is 1.53 bits per heavy atom. The van der Waals surface area contributed by atoms with E-state index in [0.717, 1.165) is 12.2 Å². The molecule has 78 valence electrons. The Kier molecular flexibility index (Phi) is 2.84.